The Morgan fingerprint density at radius 1 is 0.591 bits per heavy atom. The fourth-order valence-electron chi connectivity index (χ4n) is 6.34. The van der Waals surface area contributed by atoms with Crippen molar-refractivity contribution in [1.82, 2.24) is 37.0 Å². The first-order chi connectivity index (χ1) is 32.0. The van der Waals surface area contributed by atoms with Crippen LogP contribution in [0.1, 0.15) is 103 Å². The summed E-state index contributed by atoms with van der Waals surface area (Å²) in [6.07, 6.45) is 12.3. The van der Waals surface area contributed by atoms with E-state index in [9.17, 15) is 33.6 Å². The van der Waals surface area contributed by atoms with E-state index in [1.165, 1.54) is 32.0 Å². The summed E-state index contributed by atoms with van der Waals surface area (Å²) in [6.45, 7) is 7.12. The molecule has 21 nitrogen and oxygen atoms in total. The van der Waals surface area contributed by atoms with E-state index in [1.807, 2.05) is 0 Å². The average Bonchev–Trinajstić information content (AvgIpc) is 3.81. The van der Waals surface area contributed by atoms with Crippen molar-refractivity contribution in [3.63, 3.8) is 0 Å². The molecule has 1 rings (SSSR count). The molecule has 0 aliphatic carbocycles. The minimum absolute atomic E-state index is 0.0404. The van der Waals surface area contributed by atoms with Gasteiger partial charge in [0, 0.05) is 75.6 Å². The summed E-state index contributed by atoms with van der Waals surface area (Å²) < 4.78 is 32.2. The number of imidazole rings is 1. The van der Waals surface area contributed by atoms with E-state index in [2.05, 4.69) is 38.2 Å². The third-order valence-corrected chi connectivity index (χ3v) is 10.2. The van der Waals surface area contributed by atoms with Crippen molar-refractivity contribution in [2.24, 2.45) is 17.6 Å². The van der Waals surface area contributed by atoms with Crippen molar-refractivity contribution in [1.29, 1.82) is 0 Å². The Kier molecular flexibility index (Phi) is 36.9. The molecule has 1 radical (unpaired) electrons. The number of aromatic amines is 1. The number of amides is 5. The molecule has 0 aromatic carbocycles. The van der Waals surface area contributed by atoms with E-state index in [1.54, 1.807) is 13.1 Å². The normalized spacial score (nSPS) is 12.5. The molecule has 1 aromatic heterocycles. The van der Waals surface area contributed by atoms with Gasteiger partial charge in [-0.05, 0) is 25.7 Å². The van der Waals surface area contributed by atoms with Gasteiger partial charge in [0.2, 0.25) is 29.5 Å². The highest BCUT2D eigenvalue weighted by Gasteiger charge is 2.28. The van der Waals surface area contributed by atoms with E-state index in [4.69, 9.17) is 39.9 Å². The van der Waals surface area contributed by atoms with E-state index in [0.29, 0.717) is 70.6 Å². The monoisotopic (exact) mass is 940 g/mol. The number of Topliss-reactive ketones (excluding diaryl/α,β-unsaturated/α-hetero) is 2. The Hall–Kier alpha value is -4.38. The number of hydrogen-bond donors (Lipinski definition) is 6. The zero-order valence-electron chi connectivity index (χ0n) is 39.4. The first-order valence-electron chi connectivity index (χ1n) is 23.5. The molecule has 0 unspecified atom stereocenters. The number of unbranched alkanes of at least 4 members (excludes halogenated alkanes) is 6. The molecule has 66 heavy (non-hydrogen) atoms. The predicted molar refractivity (Wildman–Crippen MR) is 244 cm³/mol. The molecule has 0 aliphatic heterocycles. The number of aromatic nitrogens is 2. The van der Waals surface area contributed by atoms with Crippen LogP contribution in [0.3, 0.4) is 0 Å². The molecular formula is C45H79N8O13. The molecule has 8 N–H and O–H groups in total. The minimum Gasteiger partial charge on any atom is -0.377 e. The van der Waals surface area contributed by atoms with Gasteiger partial charge in [-0.15, -0.1) is 0 Å². The first-order valence-corrected chi connectivity index (χ1v) is 23.5. The number of H-pyrrole nitrogens is 1. The van der Waals surface area contributed by atoms with Gasteiger partial charge < -0.3 is 60.4 Å². The maximum Gasteiger partial charge on any atom is 0.246 e. The third-order valence-electron chi connectivity index (χ3n) is 10.2. The van der Waals surface area contributed by atoms with Crippen LogP contribution in [0, 0.1) is 11.8 Å². The lowest BCUT2D eigenvalue weighted by Gasteiger charge is -2.19. The summed E-state index contributed by atoms with van der Waals surface area (Å²) in [5, 5.41) is 10.9. The number of ether oxygens (including phenoxy) is 6. The highest BCUT2D eigenvalue weighted by atomic mass is 16.5. The fraction of sp³-hybridized carbons (Fsp3) is 0.778. The van der Waals surface area contributed by atoms with Crippen LogP contribution in [0.15, 0.2) is 12.5 Å². The second kappa shape index (κ2) is 40.9. The van der Waals surface area contributed by atoms with Gasteiger partial charge >= 0.3 is 0 Å². The standard InChI is InChI=1S/C45H79N8O13/c1-3-5-6-7-8-9-13-41(56)50-15-18-61-21-25-65-32-43(58)52-17-20-63-23-26-66-33-44(59)51-16-19-62-22-24-64-31-42(57)49-14-11-10-12-36(39(54)27-35(4-2)45(47)60)28-40(55)38(46)29-37-30-48-34-53-37/h30,34-36,38,46H,3-29,31-33H2,1-2H3,(H2,47,60)(H,48,53)(H,49,57)(H,50,56)(H,51,59)(H,52,58)/t35-,36-,38+/m1/s1. The van der Waals surface area contributed by atoms with Crippen LogP contribution in [0.25, 0.3) is 0 Å². The maximum absolute atomic E-state index is 13.1. The molecule has 3 atom stereocenters. The van der Waals surface area contributed by atoms with Gasteiger partial charge in [0.25, 0.3) is 0 Å². The Morgan fingerprint density at radius 3 is 1.58 bits per heavy atom. The molecule has 0 spiro atoms. The summed E-state index contributed by atoms with van der Waals surface area (Å²) in [5.74, 6) is -3.32. The molecule has 377 valence electrons. The van der Waals surface area contributed by atoms with Crippen LogP contribution in [0.2, 0.25) is 0 Å². The summed E-state index contributed by atoms with van der Waals surface area (Å²) in [7, 11) is 0. The van der Waals surface area contributed by atoms with Crippen molar-refractivity contribution in [2.75, 3.05) is 105 Å². The predicted octanol–water partition coefficient (Wildman–Crippen LogP) is 1.14. The smallest absolute Gasteiger partial charge is 0.246 e. The van der Waals surface area contributed by atoms with Crippen molar-refractivity contribution in [2.45, 2.75) is 110 Å². The molecule has 0 saturated heterocycles. The minimum atomic E-state index is -1.06. The first kappa shape index (κ1) is 59.6. The number of rotatable bonds is 46. The molecule has 1 heterocycles. The second-order valence-electron chi connectivity index (χ2n) is 15.8. The number of carbonyl (C=O) groups is 7. The number of nitrogens with two attached hydrogens (primary N) is 1. The van der Waals surface area contributed by atoms with E-state index in [-0.39, 0.29) is 127 Å². The fourth-order valence-corrected chi connectivity index (χ4v) is 6.34. The van der Waals surface area contributed by atoms with Crippen molar-refractivity contribution in [3.8, 4) is 0 Å². The number of ketones is 2. The Labute approximate surface area is 390 Å². The highest BCUT2D eigenvalue weighted by Crippen LogP contribution is 2.21. The van der Waals surface area contributed by atoms with Crippen LogP contribution in [-0.2, 0) is 68.4 Å². The van der Waals surface area contributed by atoms with Gasteiger partial charge in [-0.25, -0.2) is 10.7 Å². The van der Waals surface area contributed by atoms with Crippen LogP contribution >= 0.6 is 0 Å². The number of nitrogens with one attached hydrogen (secondary N) is 6. The van der Waals surface area contributed by atoms with Gasteiger partial charge in [-0.1, -0.05) is 52.4 Å². The van der Waals surface area contributed by atoms with Crippen molar-refractivity contribution < 1.29 is 62.0 Å². The number of carbonyl (C=O) groups excluding carboxylic acids is 7. The molecule has 0 saturated carbocycles. The number of primary amides is 1. The molecule has 21 heteroatoms. The van der Waals surface area contributed by atoms with E-state index < -0.39 is 23.8 Å². The van der Waals surface area contributed by atoms with Gasteiger partial charge in [0.1, 0.15) is 25.6 Å². The SMILES string of the molecule is CCCCCCCCC(=O)NCCOCCOCC(=O)NCCOCCOCC(=O)NCCOCCOCC(=O)NCCCC[C@H](CC(=O)[C@@H]([NH])Cc1cnc[nH]1)C(=O)C[C@@H](CC)C(N)=O. The zero-order chi connectivity index (χ0) is 48.5. The summed E-state index contributed by atoms with van der Waals surface area (Å²) >= 11 is 0. The van der Waals surface area contributed by atoms with E-state index in [0.717, 1.165) is 12.8 Å². The maximum atomic E-state index is 13.1. The molecule has 5 amide bonds. The molecule has 0 fully saturated rings. The lowest BCUT2D eigenvalue weighted by atomic mass is 9.85. The molecule has 0 aliphatic rings. The topological polar surface area (TPSA) is 301 Å². The van der Waals surface area contributed by atoms with Crippen LogP contribution in [0.4, 0.5) is 0 Å². The molecule has 1 aromatic rings. The lowest BCUT2D eigenvalue weighted by Crippen LogP contribution is -2.32. The van der Waals surface area contributed by atoms with Crippen molar-refractivity contribution in [3.05, 3.63) is 18.2 Å². The Bertz CT molecular complexity index is 1470. The summed E-state index contributed by atoms with van der Waals surface area (Å²) in [6, 6.07) is -1.06. The lowest BCUT2D eigenvalue weighted by molar-refractivity contribution is -0.132. The number of hydrogen-bond acceptors (Lipinski definition) is 14. The van der Waals surface area contributed by atoms with Gasteiger partial charge in [0.05, 0.1) is 71.8 Å². The summed E-state index contributed by atoms with van der Waals surface area (Å²) in [5.41, 5.74) is 14.4. The van der Waals surface area contributed by atoms with Crippen LogP contribution in [-0.4, -0.2) is 163 Å². The Balaban J connectivity index is 1.98. The highest BCUT2D eigenvalue weighted by molar-refractivity contribution is 5.92. The Morgan fingerprint density at radius 2 is 1.08 bits per heavy atom. The third kappa shape index (κ3) is 34.0. The summed E-state index contributed by atoms with van der Waals surface area (Å²) in [4.78, 5) is 92.4. The van der Waals surface area contributed by atoms with E-state index >= 15 is 0 Å². The molecular weight excluding hydrogens is 861 g/mol. The number of nitrogens with zero attached hydrogens (tertiary/aromatic N) is 1. The quantitative estimate of drug-likeness (QED) is 0.0500. The molecule has 0 bridgehead atoms. The average molecular weight is 940 g/mol. The zero-order valence-corrected chi connectivity index (χ0v) is 39.4. The largest absolute Gasteiger partial charge is 0.377 e. The second-order valence-corrected chi connectivity index (χ2v) is 15.8. The van der Waals surface area contributed by atoms with Gasteiger partial charge in [-0.2, -0.15) is 0 Å². The van der Waals surface area contributed by atoms with Gasteiger partial charge in [-0.3, -0.25) is 33.6 Å². The van der Waals surface area contributed by atoms with Crippen molar-refractivity contribution >= 4 is 41.1 Å². The van der Waals surface area contributed by atoms with Crippen LogP contribution < -0.4 is 32.7 Å². The van der Waals surface area contributed by atoms with Crippen LogP contribution in [0.5, 0.6) is 0 Å². The van der Waals surface area contributed by atoms with Gasteiger partial charge in [0.15, 0.2) is 5.78 Å².